The van der Waals surface area contributed by atoms with Gasteiger partial charge in [0, 0.05) is 0 Å². The van der Waals surface area contributed by atoms with Crippen LogP contribution in [0, 0.1) is 0 Å². The molecule has 0 aliphatic carbocycles. The maximum atomic E-state index is 10.3. The molecule has 0 bridgehead atoms. The molecule has 0 aromatic rings. The Balaban J connectivity index is 0.000000640. The summed E-state index contributed by atoms with van der Waals surface area (Å²) in [6.07, 6.45) is 0. The molecule has 0 radical (unpaired) electrons. The Kier molecular flexibility index (Phi) is 2.41. The SMILES string of the molecule is Cl.[15NH2][15N]1[13CH2]C(=O)[15NH]C1=O. The van der Waals surface area contributed by atoms with Crippen molar-refractivity contribution in [3.63, 3.8) is 0 Å². The van der Waals surface area contributed by atoms with Crippen molar-refractivity contribution in [1.29, 1.82) is 0 Å². The molecule has 0 spiro atoms. The van der Waals surface area contributed by atoms with Gasteiger partial charge in [-0.3, -0.25) is 15.1 Å². The molecule has 3 amide bonds. The second kappa shape index (κ2) is 2.65. The highest BCUT2D eigenvalue weighted by atomic mass is 35.5. The number of nitrogens with zero attached hydrogens (tertiary/aromatic N) is 1. The van der Waals surface area contributed by atoms with Crippen molar-refractivity contribution in [2.75, 3.05) is 6.54 Å². The van der Waals surface area contributed by atoms with Gasteiger partial charge in [-0.05, 0) is 0 Å². The molecule has 6 heteroatoms. The number of halogens is 1. The lowest BCUT2D eigenvalue weighted by molar-refractivity contribution is -0.118. The molecular formula is C3H6ClN3O2. The van der Waals surface area contributed by atoms with Gasteiger partial charge in [-0.15, -0.1) is 12.4 Å². The van der Waals surface area contributed by atoms with Crippen molar-refractivity contribution in [2.45, 2.75) is 0 Å². The van der Waals surface area contributed by atoms with Crippen molar-refractivity contribution in [1.82, 2.24) is 10.3 Å². The van der Waals surface area contributed by atoms with E-state index >= 15 is 0 Å². The Labute approximate surface area is 57.6 Å². The second-order valence-corrected chi connectivity index (χ2v) is 1.48. The van der Waals surface area contributed by atoms with E-state index in [1.807, 2.05) is 5.32 Å². The summed E-state index contributed by atoms with van der Waals surface area (Å²) in [5.74, 6) is 4.62. The monoisotopic (exact) mass is 155 g/mol. The van der Waals surface area contributed by atoms with Gasteiger partial charge in [-0.25, -0.2) is 10.6 Å². The van der Waals surface area contributed by atoms with Gasteiger partial charge in [0.15, 0.2) is 0 Å². The lowest BCUT2D eigenvalue weighted by Gasteiger charge is -1.99. The van der Waals surface area contributed by atoms with Gasteiger partial charge in [0.25, 0.3) is 0 Å². The summed E-state index contributed by atoms with van der Waals surface area (Å²) in [6, 6.07) is -0.532. The third kappa shape index (κ3) is 1.55. The van der Waals surface area contributed by atoms with Gasteiger partial charge in [-0.1, -0.05) is 0 Å². The third-order valence-corrected chi connectivity index (χ3v) is 0.821. The Bertz CT molecular complexity index is 148. The average Bonchev–Trinajstić information content (AvgIpc) is 1.85. The number of hydrazine groups is 1. The van der Waals surface area contributed by atoms with E-state index in [1.165, 1.54) is 0 Å². The fraction of sp³-hybridized carbons (Fsp3) is 0.333. The van der Waals surface area contributed by atoms with Crippen molar-refractivity contribution >= 4 is 24.3 Å². The summed E-state index contributed by atoms with van der Waals surface area (Å²) < 4.78 is 0. The first-order valence-corrected chi connectivity index (χ1v) is 2.06. The van der Waals surface area contributed by atoms with Crippen LogP contribution < -0.4 is 11.2 Å². The maximum Gasteiger partial charge on any atom is 0.338 e. The van der Waals surface area contributed by atoms with E-state index in [0.717, 1.165) is 5.01 Å². The number of urea groups is 1. The highest BCUT2D eigenvalue weighted by Gasteiger charge is 2.22. The molecule has 1 heterocycles. The van der Waals surface area contributed by atoms with Gasteiger partial charge in [0.1, 0.15) is 6.54 Å². The van der Waals surface area contributed by atoms with Crippen LogP contribution in [0.25, 0.3) is 0 Å². The zero-order valence-electron chi connectivity index (χ0n) is 4.46. The Morgan fingerprint density at radius 2 is 2.11 bits per heavy atom. The van der Waals surface area contributed by atoms with E-state index < -0.39 is 6.03 Å². The predicted molar refractivity (Wildman–Crippen MR) is 31.7 cm³/mol. The van der Waals surface area contributed by atoms with Crippen molar-refractivity contribution < 1.29 is 9.59 Å². The van der Waals surface area contributed by atoms with Gasteiger partial charge >= 0.3 is 6.03 Å². The molecule has 1 saturated heterocycles. The standard InChI is InChI=1S/C3H5N3O2.ClH/c4-6-1-2(7)5-3(6)8;/h1,4H2,(H,5,7,8);1H/i1+1,4+1,5+1,6+1;. The molecule has 1 fully saturated rings. The molecule has 0 aromatic carbocycles. The van der Waals surface area contributed by atoms with Crippen LogP contribution in [0.5, 0.6) is 0 Å². The summed E-state index contributed by atoms with van der Waals surface area (Å²) >= 11 is 0. The quantitative estimate of drug-likeness (QED) is 0.152. The van der Waals surface area contributed by atoms with Crippen molar-refractivity contribution in [2.24, 2.45) is 5.84 Å². The summed E-state index contributed by atoms with van der Waals surface area (Å²) in [5, 5.41) is 2.81. The number of carbonyl (C=O) groups is 2. The second-order valence-electron chi connectivity index (χ2n) is 1.48. The Morgan fingerprint density at radius 1 is 1.56 bits per heavy atom. The van der Waals surface area contributed by atoms with E-state index in [1.54, 1.807) is 0 Å². The number of nitrogens with two attached hydrogens (primary N) is 1. The molecular weight excluding hydrogens is 149 g/mol. The van der Waals surface area contributed by atoms with Crippen LogP contribution in [0.1, 0.15) is 0 Å². The lowest BCUT2D eigenvalue weighted by atomic mass is 11.0. The van der Waals surface area contributed by atoms with Crippen LogP contribution in [0.3, 0.4) is 0 Å². The minimum atomic E-state index is -0.532. The van der Waals surface area contributed by atoms with Crippen molar-refractivity contribution in [3.05, 3.63) is 0 Å². The van der Waals surface area contributed by atoms with Crippen molar-refractivity contribution in [3.8, 4) is 0 Å². The fourth-order valence-electron chi connectivity index (χ4n) is 0.457. The van der Waals surface area contributed by atoms with E-state index in [2.05, 4.69) is 0 Å². The minimum Gasteiger partial charge on any atom is -0.275 e. The van der Waals surface area contributed by atoms with E-state index in [4.69, 9.17) is 5.84 Å². The van der Waals surface area contributed by atoms with E-state index in [-0.39, 0.29) is 24.9 Å². The van der Waals surface area contributed by atoms with Crippen LogP contribution >= 0.6 is 12.4 Å². The smallest absolute Gasteiger partial charge is 0.275 e. The molecule has 52 valence electrons. The fourth-order valence-corrected chi connectivity index (χ4v) is 0.457. The maximum absolute atomic E-state index is 10.3. The summed E-state index contributed by atoms with van der Waals surface area (Å²) in [6.45, 7) is -0.0289. The number of rotatable bonds is 0. The number of carbonyl (C=O) groups excluding carboxylic acids is 2. The largest absolute Gasteiger partial charge is 0.338 e. The minimum absolute atomic E-state index is 0. The Hall–Kier alpha value is -0.810. The van der Waals surface area contributed by atoms with Crippen LogP contribution in [0.2, 0.25) is 0 Å². The summed E-state index contributed by atoms with van der Waals surface area (Å²) in [5.41, 5.74) is 0. The molecule has 1 rings (SSSR count). The van der Waals surface area contributed by atoms with Crippen LogP contribution in [0.4, 0.5) is 4.79 Å². The molecule has 3 N–H and O–H groups in total. The number of amides is 3. The molecule has 5 nitrogen and oxygen atoms in total. The molecule has 0 unspecified atom stereocenters. The molecule has 1 aliphatic rings. The van der Waals surface area contributed by atoms with Gasteiger partial charge in [0.2, 0.25) is 5.91 Å². The molecule has 0 aromatic heterocycles. The molecule has 0 atom stereocenters. The van der Waals surface area contributed by atoms with Gasteiger partial charge < -0.3 is 0 Å². The first kappa shape index (κ1) is 8.19. The number of imide groups is 1. The summed E-state index contributed by atoms with van der Waals surface area (Å²) in [7, 11) is 0. The highest BCUT2D eigenvalue weighted by molar-refractivity contribution is 6.01. The zero-order valence-corrected chi connectivity index (χ0v) is 5.27. The van der Waals surface area contributed by atoms with Crippen LogP contribution in [0.15, 0.2) is 0 Å². The molecule has 0 saturated carbocycles. The van der Waals surface area contributed by atoms with Crippen LogP contribution in [-0.4, -0.2) is 23.5 Å². The third-order valence-electron chi connectivity index (χ3n) is 0.821. The number of nitrogens with one attached hydrogen (secondary N) is 1. The average molecular weight is 156 g/mol. The number of hydrogen-bond acceptors (Lipinski definition) is 3. The molecule has 1 aliphatic heterocycles. The first-order chi connectivity index (χ1) is 3.70. The van der Waals surface area contributed by atoms with Gasteiger partial charge in [0.05, 0.1) is 0 Å². The first-order valence-electron chi connectivity index (χ1n) is 2.06. The topological polar surface area (TPSA) is 75.4 Å². The normalized spacial score (nSPS) is 17.2. The molecule has 9 heavy (non-hydrogen) atoms. The zero-order chi connectivity index (χ0) is 6.15. The highest BCUT2D eigenvalue weighted by Crippen LogP contribution is 1.87. The number of hydrogen-bond donors (Lipinski definition) is 2. The van der Waals surface area contributed by atoms with Crippen LogP contribution in [-0.2, 0) is 4.79 Å². The Morgan fingerprint density at radius 3 is 2.22 bits per heavy atom. The summed E-state index contributed by atoms with van der Waals surface area (Å²) in [4.78, 5) is 20.5. The lowest BCUT2D eigenvalue weighted by Crippen LogP contribution is -2.34. The predicted octanol–water partition coefficient (Wildman–Crippen LogP) is -1.17. The van der Waals surface area contributed by atoms with Gasteiger partial charge in [-0.2, -0.15) is 0 Å². The van der Waals surface area contributed by atoms with E-state index in [9.17, 15) is 9.59 Å². The van der Waals surface area contributed by atoms with E-state index in [0.29, 0.717) is 0 Å².